The van der Waals surface area contributed by atoms with E-state index in [0.29, 0.717) is 42.1 Å². The number of hydrogen-bond acceptors (Lipinski definition) is 6. The lowest BCUT2D eigenvalue weighted by molar-refractivity contribution is 0.0949. The lowest BCUT2D eigenvalue weighted by atomic mass is 10.1. The number of carbonyl (C=O) groups excluding carboxylic acids is 1. The molecule has 0 radical (unpaired) electrons. The highest BCUT2D eigenvalue weighted by atomic mass is 16.5. The van der Waals surface area contributed by atoms with Crippen molar-refractivity contribution in [1.82, 2.24) is 15.3 Å². The van der Waals surface area contributed by atoms with Gasteiger partial charge in [-0.25, -0.2) is 9.97 Å². The number of rotatable bonds is 8. The Balaban J connectivity index is 1.53. The van der Waals surface area contributed by atoms with Crippen LogP contribution in [0.2, 0.25) is 0 Å². The molecule has 1 heterocycles. The Morgan fingerprint density at radius 2 is 1.93 bits per heavy atom. The number of nitrogens with one attached hydrogen (secondary N) is 2. The molecule has 2 N–H and O–H groups in total. The Morgan fingerprint density at radius 3 is 2.67 bits per heavy atom. The molecule has 0 atom stereocenters. The molecule has 1 amide bonds. The summed E-state index contributed by atoms with van der Waals surface area (Å²) in [4.78, 5) is 20.9. The van der Waals surface area contributed by atoms with Crippen molar-refractivity contribution in [2.24, 2.45) is 0 Å². The fourth-order valence-corrected chi connectivity index (χ4v) is 3.25. The van der Waals surface area contributed by atoms with Gasteiger partial charge in [0.15, 0.2) is 11.5 Å². The summed E-state index contributed by atoms with van der Waals surface area (Å²) in [6, 6.07) is 7.78. The van der Waals surface area contributed by atoms with Crippen LogP contribution in [0.25, 0.3) is 0 Å². The quantitative estimate of drug-likeness (QED) is 0.743. The third kappa shape index (κ3) is 5.09. The summed E-state index contributed by atoms with van der Waals surface area (Å²) in [6.45, 7) is 0.504. The molecular formula is C20H26N4O3. The molecule has 7 nitrogen and oxygen atoms in total. The lowest BCUT2D eigenvalue weighted by Gasteiger charge is -2.12. The predicted octanol–water partition coefficient (Wildman–Crippen LogP) is 2.82. The maximum absolute atomic E-state index is 12.4. The maximum atomic E-state index is 12.4. The molecule has 144 valence electrons. The molecule has 0 bridgehead atoms. The minimum atomic E-state index is -0.202. The third-order valence-electron chi connectivity index (χ3n) is 4.72. The average molecular weight is 370 g/mol. The van der Waals surface area contributed by atoms with Crippen LogP contribution in [0.1, 0.15) is 41.7 Å². The molecule has 1 aliphatic rings. The van der Waals surface area contributed by atoms with E-state index in [1.165, 1.54) is 12.8 Å². The van der Waals surface area contributed by atoms with Gasteiger partial charge in [0.2, 0.25) is 5.95 Å². The van der Waals surface area contributed by atoms with Crippen LogP contribution < -0.4 is 20.1 Å². The van der Waals surface area contributed by atoms with E-state index in [-0.39, 0.29) is 5.91 Å². The Morgan fingerprint density at radius 1 is 1.15 bits per heavy atom. The highest BCUT2D eigenvalue weighted by Crippen LogP contribution is 2.27. The van der Waals surface area contributed by atoms with E-state index in [0.717, 1.165) is 18.4 Å². The monoisotopic (exact) mass is 370 g/mol. The molecule has 1 aromatic heterocycles. The minimum absolute atomic E-state index is 0.202. The van der Waals surface area contributed by atoms with Gasteiger partial charge in [-0.2, -0.15) is 0 Å². The van der Waals surface area contributed by atoms with Crippen LogP contribution in [0.3, 0.4) is 0 Å². The van der Waals surface area contributed by atoms with Gasteiger partial charge in [0.1, 0.15) is 5.69 Å². The molecule has 1 saturated carbocycles. The largest absolute Gasteiger partial charge is 0.493 e. The second-order valence-electron chi connectivity index (χ2n) is 6.59. The first-order valence-electron chi connectivity index (χ1n) is 9.28. The minimum Gasteiger partial charge on any atom is -0.493 e. The highest BCUT2D eigenvalue weighted by molar-refractivity contribution is 5.92. The van der Waals surface area contributed by atoms with Crippen LogP contribution in [0.4, 0.5) is 5.95 Å². The molecule has 0 unspecified atom stereocenters. The summed E-state index contributed by atoms with van der Waals surface area (Å²) < 4.78 is 10.5. The fourth-order valence-electron chi connectivity index (χ4n) is 3.25. The van der Waals surface area contributed by atoms with Crippen LogP contribution in [-0.4, -0.2) is 42.7 Å². The van der Waals surface area contributed by atoms with E-state index >= 15 is 0 Å². The first kappa shape index (κ1) is 18.9. The highest BCUT2D eigenvalue weighted by Gasteiger charge is 2.16. The van der Waals surface area contributed by atoms with E-state index in [1.54, 1.807) is 26.5 Å². The van der Waals surface area contributed by atoms with Gasteiger partial charge in [-0.1, -0.05) is 18.9 Å². The average Bonchev–Trinajstić information content (AvgIpc) is 3.21. The van der Waals surface area contributed by atoms with Crippen molar-refractivity contribution < 1.29 is 14.3 Å². The molecule has 0 aliphatic heterocycles. The number of nitrogens with zero attached hydrogens (tertiary/aromatic N) is 2. The molecular weight excluding hydrogens is 344 g/mol. The topological polar surface area (TPSA) is 85.4 Å². The van der Waals surface area contributed by atoms with Crippen molar-refractivity contribution in [3.63, 3.8) is 0 Å². The molecule has 1 aliphatic carbocycles. The number of benzene rings is 1. The number of hydrogen-bond donors (Lipinski definition) is 2. The van der Waals surface area contributed by atoms with E-state index in [2.05, 4.69) is 20.6 Å². The molecule has 7 heteroatoms. The van der Waals surface area contributed by atoms with Gasteiger partial charge >= 0.3 is 0 Å². The van der Waals surface area contributed by atoms with Gasteiger partial charge in [0.25, 0.3) is 5.91 Å². The molecule has 0 spiro atoms. The summed E-state index contributed by atoms with van der Waals surface area (Å²) in [6.07, 6.45) is 7.02. The predicted molar refractivity (Wildman–Crippen MR) is 103 cm³/mol. The number of methoxy groups -OCH3 is 2. The van der Waals surface area contributed by atoms with E-state index < -0.39 is 0 Å². The van der Waals surface area contributed by atoms with Crippen LogP contribution in [0.5, 0.6) is 11.5 Å². The van der Waals surface area contributed by atoms with Crippen molar-refractivity contribution >= 4 is 11.9 Å². The number of anilines is 1. The van der Waals surface area contributed by atoms with E-state index in [1.807, 2.05) is 18.2 Å². The Labute approximate surface area is 159 Å². The molecule has 27 heavy (non-hydrogen) atoms. The second-order valence-corrected chi connectivity index (χ2v) is 6.59. The summed E-state index contributed by atoms with van der Waals surface area (Å²) in [5.41, 5.74) is 1.43. The van der Waals surface area contributed by atoms with E-state index in [9.17, 15) is 4.79 Å². The molecule has 3 rings (SSSR count). The smallest absolute Gasteiger partial charge is 0.270 e. The van der Waals surface area contributed by atoms with Gasteiger partial charge in [-0.3, -0.25) is 4.79 Å². The molecule has 0 saturated heterocycles. The summed E-state index contributed by atoms with van der Waals surface area (Å²) in [5.74, 6) is 1.69. The lowest BCUT2D eigenvalue weighted by Crippen LogP contribution is -2.27. The third-order valence-corrected chi connectivity index (χ3v) is 4.72. The zero-order valence-electron chi connectivity index (χ0n) is 15.8. The summed E-state index contributed by atoms with van der Waals surface area (Å²) in [5, 5.41) is 6.22. The van der Waals surface area contributed by atoms with Gasteiger partial charge in [0.05, 0.1) is 14.2 Å². The first-order chi connectivity index (χ1) is 13.2. The SMILES string of the molecule is COc1ccc(CCNC(=O)c2ccnc(NC3CCCC3)n2)cc1OC. The Hall–Kier alpha value is -2.83. The van der Waals surface area contributed by atoms with E-state index in [4.69, 9.17) is 9.47 Å². The van der Waals surface area contributed by atoms with Gasteiger partial charge < -0.3 is 20.1 Å². The Bertz CT molecular complexity index is 776. The van der Waals surface area contributed by atoms with Crippen molar-refractivity contribution in [1.29, 1.82) is 0 Å². The van der Waals surface area contributed by atoms with Crippen molar-refractivity contribution in [3.8, 4) is 11.5 Å². The van der Waals surface area contributed by atoms with Crippen molar-refractivity contribution in [2.45, 2.75) is 38.1 Å². The zero-order valence-corrected chi connectivity index (χ0v) is 15.8. The number of carbonyl (C=O) groups is 1. The van der Waals surface area contributed by atoms with Gasteiger partial charge in [-0.15, -0.1) is 0 Å². The summed E-state index contributed by atoms with van der Waals surface area (Å²) in [7, 11) is 3.21. The number of aromatic nitrogens is 2. The molecule has 2 aromatic rings. The standard InChI is InChI=1S/C20H26N4O3/c1-26-17-8-7-14(13-18(17)27-2)9-11-21-19(25)16-10-12-22-20(24-16)23-15-5-3-4-6-15/h7-8,10,12-13,15H,3-6,9,11H2,1-2H3,(H,21,25)(H,22,23,24). The van der Waals surface area contributed by atoms with Crippen LogP contribution in [-0.2, 0) is 6.42 Å². The van der Waals surface area contributed by atoms with Gasteiger partial charge in [0, 0.05) is 18.8 Å². The molecule has 1 fully saturated rings. The Kier molecular flexibility index (Phi) is 6.46. The normalized spacial score (nSPS) is 14.0. The van der Waals surface area contributed by atoms with Crippen LogP contribution >= 0.6 is 0 Å². The second kappa shape index (κ2) is 9.21. The van der Waals surface area contributed by atoms with Crippen molar-refractivity contribution in [2.75, 3.05) is 26.1 Å². The van der Waals surface area contributed by atoms with Crippen LogP contribution in [0.15, 0.2) is 30.5 Å². The molecule has 1 aromatic carbocycles. The zero-order chi connectivity index (χ0) is 19.1. The summed E-state index contributed by atoms with van der Waals surface area (Å²) >= 11 is 0. The first-order valence-corrected chi connectivity index (χ1v) is 9.28. The fraction of sp³-hybridized carbons (Fsp3) is 0.450. The number of ether oxygens (including phenoxy) is 2. The maximum Gasteiger partial charge on any atom is 0.270 e. The number of amides is 1. The van der Waals surface area contributed by atoms with Crippen LogP contribution in [0, 0.1) is 0 Å². The van der Waals surface area contributed by atoms with Crippen molar-refractivity contribution in [3.05, 3.63) is 41.7 Å². The van der Waals surface area contributed by atoms with Gasteiger partial charge in [-0.05, 0) is 43.0 Å².